The third kappa shape index (κ3) is 2.98. The summed E-state index contributed by atoms with van der Waals surface area (Å²) in [4.78, 5) is 0. The minimum atomic E-state index is -0.409. The van der Waals surface area contributed by atoms with Crippen molar-refractivity contribution in [2.24, 2.45) is 11.3 Å². The summed E-state index contributed by atoms with van der Waals surface area (Å²) >= 11 is 0. The van der Waals surface area contributed by atoms with Crippen LogP contribution < -0.4 is 5.32 Å². The molecular weight excluding hydrogens is 184 g/mol. The highest BCUT2D eigenvalue weighted by molar-refractivity contribution is 5.13. The Morgan fingerprint density at radius 2 is 2.13 bits per heavy atom. The van der Waals surface area contributed by atoms with E-state index in [-0.39, 0.29) is 5.41 Å². The van der Waals surface area contributed by atoms with Gasteiger partial charge in [0.25, 0.3) is 0 Å². The maximum atomic E-state index is 9.34. The molecule has 1 N–H and O–H groups in total. The normalized spacial score (nSPS) is 34.1. The van der Waals surface area contributed by atoms with Crippen LogP contribution in [0.25, 0.3) is 0 Å². The molecule has 2 heteroatoms. The van der Waals surface area contributed by atoms with E-state index in [1.807, 2.05) is 0 Å². The standard InChI is InChI=1S/C13H20N2/c1-5-6-15-13(10-14)8-11(2)7-12(3,4)9-13/h1,11,15H,6-9H2,2-4H3. The molecule has 15 heavy (non-hydrogen) atoms. The van der Waals surface area contributed by atoms with Gasteiger partial charge in [-0.05, 0) is 30.6 Å². The SMILES string of the molecule is C#CCNC1(C#N)CC(C)CC(C)(C)C1. The smallest absolute Gasteiger partial charge is 0.108 e. The number of nitrogens with zero attached hydrogens (tertiary/aromatic N) is 1. The molecule has 2 atom stereocenters. The van der Waals surface area contributed by atoms with Crippen LogP contribution in [-0.2, 0) is 0 Å². The van der Waals surface area contributed by atoms with Gasteiger partial charge in [-0.25, -0.2) is 0 Å². The topological polar surface area (TPSA) is 35.8 Å². The molecule has 0 radical (unpaired) electrons. The molecule has 1 aliphatic carbocycles. The Labute approximate surface area is 93.1 Å². The van der Waals surface area contributed by atoms with Gasteiger partial charge in [-0.1, -0.05) is 26.7 Å². The largest absolute Gasteiger partial charge is 0.288 e. The second kappa shape index (κ2) is 4.25. The van der Waals surface area contributed by atoms with Crippen molar-refractivity contribution in [1.29, 1.82) is 5.26 Å². The zero-order valence-electron chi connectivity index (χ0n) is 9.93. The summed E-state index contributed by atoms with van der Waals surface area (Å²) < 4.78 is 0. The molecule has 82 valence electrons. The molecule has 1 rings (SSSR count). The highest BCUT2D eigenvalue weighted by Gasteiger charge is 2.42. The zero-order valence-corrected chi connectivity index (χ0v) is 9.93. The summed E-state index contributed by atoms with van der Waals surface area (Å²) in [6.45, 7) is 7.15. The van der Waals surface area contributed by atoms with E-state index in [1.165, 1.54) is 6.42 Å². The number of rotatable bonds is 2. The lowest BCUT2D eigenvalue weighted by molar-refractivity contribution is 0.118. The average molecular weight is 204 g/mol. The van der Waals surface area contributed by atoms with Crippen molar-refractivity contribution < 1.29 is 0 Å². The van der Waals surface area contributed by atoms with Crippen molar-refractivity contribution in [1.82, 2.24) is 5.32 Å². The second-order valence-electron chi connectivity index (χ2n) is 5.61. The fourth-order valence-electron chi connectivity index (χ4n) is 3.05. The molecule has 0 spiro atoms. The average Bonchev–Trinajstić information content (AvgIpc) is 2.11. The number of hydrogen-bond acceptors (Lipinski definition) is 2. The van der Waals surface area contributed by atoms with Crippen molar-refractivity contribution in [3.05, 3.63) is 0 Å². The van der Waals surface area contributed by atoms with Crippen LogP contribution in [0.15, 0.2) is 0 Å². The highest BCUT2D eigenvalue weighted by atomic mass is 15.0. The van der Waals surface area contributed by atoms with E-state index in [9.17, 15) is 5.26 Å². The molecule has 0 aromatic carbocycles. The molecule has 0 aliphatic heterocycles. The number of nitriles is 1. The Kier molecular flexibility index (Phi) is 3.42. The minimum Gasteiger partial charge on any atom is -0.288 e. The van der Waals surface area contributed by atoms with Crippen molar-refractivity contribution in [3.8, 4) is 18.4 Å². The Bertz CT molecular complexity index is 305. The third-order valence-corrected chi connectivity index (χ3v) is 3.12. The lowest BCUT2D eigenvalue weighted by atomic mass is 9.65. The summed E-state index contributed by atoms with van der Waals surface area (Å²) in [6.07, 6.45) is 8.23. The van der Waals surface area contributed by atoms with Crippen LogP contribution in [-0.4, -0.2) is 12.1 Å². The molecule has 1 fully saturated rings. The first-order chi connectivity index (χ1) is 6.93. The number of hydrogen-bond donors (Lipinski definition) is 1. The Hall–Kier alpha value is -0.990. The molecule has 0 saturated heterocycles. The van der Waals surface area contributed by atoms with Crippen LogP contribution in [0.2, 0.25) is 0 Å². The van der Waals surface area contributed by atoms with Crippen LogP contribution in [0.4, 0.5) is 0 Å². The summed E-state index contributed by atoms with van der Waals surface area (Å²) in [5.41, 5.74) is -0.178. The molecule has 0 bridgehead atoms. The third-order valence-electron chi connectivity index (χ3n) is 3.12. The van der Waals surface area contributed by atoms with Crippen molar-refractivity contribution in [2.45, 2.75) is 45.6 Å². The predicted octanol–water partition coefficient (Wildman–Crippen LogP) is 2.32. The molecule has 2 nitrogen and oxygen atoms in total. The zero-order chi connectivity index (χ0) is 11.5. The van der Waals surface area contributed by atoms with Gasteiger partial charge in [0.2, 0.25) is 0 Å². The quantitative estimate of drug-likeness (QED) is 0.701. The Morgan fingerprint density at radius 3 is 2.60 bits per heavy atom. The van der Waals surface area contributed by atoms with Gasteiger partial charge in [0, 0.05) is 0 Å². The van der Waals surface area contributed by atoms with Crippen LogP contribution in [0.1, 0.15) is 40.0 Å². The van der Waals surface area contributed by atoms with E-state index in [0.717, 1.165) is 12.8 Å². The molecule has 1 saturated carbocycles. The van der Waals surface area contributed by atoms with E-state index >= 15 is 0 Å². The predicted molar refractivity (Wildman–Crippen MR) is 62.0 cm³/mol. The number of nitrogens with one attached hydrogen (secondary N) is 1. The molecular formula is C13H20N2. The van der Waals surface area contributed by atoms with Gasteiger partial charge >= 0.3 is 0 Å². The van der Waals surface area contributed by atoms with Crippen LogP contribution in [0.5, 0.6) is 0 Å². The maximum absolute atomic E-state index is 9.34. The molecule has 0 heterocycles. The first-order valence-electron chi connectivity index (χ1n) is 5.53. The van der Waals surface area contributed by atoms with E-state index in [2.05, 4.69) is 38.1 Å². The first kappa shape index (κ1) is 12.1. The van der Waals surface area contributed by atoms with Gasteiger partial charge in [0.05, 0.1) is 12.6 Å². The van der Waals surface area contributed by atoms with Gasteiger partial charge in [-0.2, -0.15) is 5.26 Å². The Morgan fingerprint density at radius 1 is 1.47 bits per heavy atom. The van der Waals surface area contributed by atoms with Gasteiger partial charge in [-0.15, -0.1) is 6.42 Å². The van der Waals surface area contributed by atoms with Gasteiger partial charge in [0.15, 0.2) is 0 Å². The molecule has 0 aromatic rings. The summed E-state index contributed by atoms with van der Waals surface area (Å²) in [5, 5.41) is 12.6. The minimum absolute atomic E-state index is 0.231. The van der Waals surface area contributed by atoms with Gasteiger partial charge in [-0.3, -0.25) is 5.32 Å². The molecule has 2 unspecified atom stereocenters. The van der Waals surface area contributed by atoms with Gasteiger partial charge < -0.3 is 0 Å². The Balaban J connectivity index is 2.81. The van der Waals surface area contributed by atoms with Crippen LogP contribution >= 0.6 is 0 Å². The van der Waals surface area contributed by atoms with E-state index < -0.39 is 5.54 Å². The first-order valence-corrected chi connectivity index (χ1v) is 5.53. The summed E-state index contributed by atoms with van der Waals surface area (Å²) in [6, 6.07) is 2.43. The highest BCUT2D eigenvalue weighted by Crippen LogP contribution is 2.43. The van der Waals surface area contributed by atoms with Crippen molar-refractivity contribution in [3.63, 3.8) is 0 Å². The fraction of sp³-hybridized carbons (Fsp3) is 0.769. The molecule has 0 aromatic heterocycles. The van der Waals surface area contributed by atoms with E-state index in [0.29, 0.717) is 12.5 Å². The molecule has 0 amide bonds. The van der Waals surface area contributed by atoms with E-state index in [4.69, 9.17) is 6.42 Å². The van der Waals surface area contributed by atoms with Crippen molar-refractivity contribution >= 4 is 0 Å². The monoisotopic (exact) mass is 204 g/mol. The number of terminal acetylenes is 1. The summed E-state index contributed by atoms with van der Waals surface area (Å²) in [7, 11) is 0. The fourth-order valence-corrected chi connectivity index (χ4v) is 3.05. The van der Waals surface area contributed by atoms with E-state index in [1.54, 1.807) is 0 Å². The van der Waals surface area contributed by atoms with Crippen LogP contribution in [0, 0.1) is 35.0 Å². The lowest BCUT2D eigenvalue weighted by Crippen LogP contribution is -2.51. The van der Waals surface area contributed by atoms with Crippen molar-refractivity contribution in [2.75, 3.05) is 6.54 Å². The van der Waals surface area contributed by atoms with Crippen LogP contribution in [0.3, 0.4) is 0 Å². The maximum Gasteiger partial charge on any atom is 0.108 e. The van der Waals surface area contributed by atoms with Gasteiger partial charge in [0.1, 0.15) is 5.54 Å². The second-order valence-corrected chi connectivity index (χ2v) is 5.61. The lowest BCUT2D eigenvalue weighted by Gasteiger charge is -2.44. The molecule has 1 aliphatic rings. The summed E-state index contributed by atoms with van der Waals surface area (Å²) in [5.74, 6) is 3.14.